The zero-order valence-electron chi connectivity index (χ0n) is 18.3. The van der Waals surface area contributed by atoms with E-state index in [4.69, 9.17) is 9.47 Å². The van der Waals surface area contributed by atoms with Gasteiger partial charge in [0.15, 0.2) is 23.4 Å². The first kappa shape index (κ1) is 25.0. The normalized spacial score (nSPS) is 14.7. The van der Waals surface area contributed by atoms with Crippen molar-refractivity contribution >= 4 is 47.2 Å². The van der Waals surface area contributed by atoms with Crippen molar-refractivity contribution in [3.8, 4) is 11.5 Å². The first-order chi connectivity index (χ1) is 15.6. The van der Waals surface area contributed by atoms with Crippen molar-refractivity contribution in [1.82, 2.24) is 20.6 Å². The maximum atomic E-state index is 12.6. The second-order valence-corrected chi connectivity index (χ2v) is 7.86. The van der Waals surface area contributed by atoms with Crippen LogP contribution in [0.4, 0.5) is 5.69 Å². The molecule has 1 amide bonds. The van der Waals surface area contributed by atoms with E-state index >= 15 is 0 Å². The topological polar surface area (TPSA) is 102 Å². The Morgan fingerprint density at radius 3 is 2.79 bits per heavy atom. The number of ether oxygens (including phenoxy) is 2. The molecule has 9 heteroatoms. The predicted molar refractivity (Wildman–Crippen MR) is 129 cm³/mol. The van der Waals surface area contributed by atoms with Crippen molar-refractivity contribution in [2.75, 3.05) is 11.9 Å². The van der Waals surface area contributed by atoms with Crippen LogP contribution < -0.4 is 14.8 Å². The molecule has 4 rings (SSSR count). The first-order valence-corrected chi connectivity index (χ1v) is 10.9. The molecular weight excluding hydrogens is 429 g/mol. The molecule has 2 N–H and O–H groups in total. The zero-order valence-corrected chi connectivity index (χ0v) is 18.3. The Kier molecular flexibility index (Phi) is 9.05. The van der Waals surface area contributed by atoms with Gasteiger partial charge in [-0.3, -0.25) is 4.79 Å². The number of benzene rings is 2. The summed E-state index contributed by atoms with van der Waals surface area (Å²) < 4.78 is 11.9. The van der Waals surface area contributed by atoms with Crippen LogP contribution in [-0.4, -0.2) is 62.7 Å². The molecule has 0 bridgehead atoms. The molecule has 1 aliphatic heterocycles. The van der Waals surface area contributed by atoms with Gasteiger partial charge in [0.1, 0.15) is 6.61 Å². The number of fused-ring (bicyclic) bond motifs is 1. The number of H-pyrrole nitrogens is 1. The Morgan fingerprint density at radius 1 is 1.24 bits per heavy atom. The van der Waals surface area contributed by atoms with Gasteiger partial charge in [-0.15, -0.1) is 5.10 Å². The SMILES string of the molecule is CCCCCc1ccc(/C=C/C(=O)Nc2cc(C)cc3c2OC(c2nnn[nH]2)CO3)cc1.[NaH]. The fraction of sp³-hybridized carbons (Fsp3) is 0.333. The summed E-state index contributed by atoms with van der Waals surface area (Å²) in [6, 6.07) is 12.0. The fourth-order valence-electron chi connectivity index (χ4n) is 3.56. The van der Waals surface area contributed by atoms with Crippen molar-refractivity contribution in [3.63, 3.8) is 0 Å². The van der Waals surface area contributed by atoms with Gasteiger partial charge in [0.05, 0.1) is 5.69 Å². The predicted octanol–water partition coefficient (Wildman–Crippen LogP) is 3.76. The number of rotatable bonds is 8. The summed E-state index contributed by atoms with van der Waals surface area (Å²) in [6.45, 7) is 4.41. The molecule has 0 radical (unpaired) electrons. The van der Waals surface area contributed by atoms with E-state index in [1.54, 1.807) is 6.08 Å². The molecule has 168 valence electrons. The Labute approximate surface area is 215 Å². The van der Waals surface area contributed by atoms with Gasteiger partial charge in [-0.25, -0.2) is 5.10 Å². The number of anilines is 1. The fourth-order valence-corrected chi connectivity index (χ4v) is 3.56. The van der Waals surface area contributed by atoms with Gasteiger partial charge in [-0.1, -0.05) is 44.0 Å². The van der Waals surface area contributed by atoms with Crippen LogP contribution in [0.1, 0.15) is 54.8 Å². The van der Waals surface area contributed by atoms with E-state index in [0.29, 0.717) is 23.0 Å². The number of aromatic amines is 1. The molecule has 0 aliphatic carbocycles. The molecular formula is C24H28N5NaO3. The number of nitrogens with zero attached hydrogens (tertiary/aromatic N) is 3. The minimum atomic E-state index is -0.484. The minimum absolute atomic E-state index is 0. The molecule has 1 aliphatic rings. The van der Waals surface area contributed by atoms with Gasteiger partial charge in [-0.2, -0.15) is 0 Å². The second-order valence-electron chi connectivity index (χ2n) is 7.86. The Morgan fingerprint density at radius 2 is 2.06 bits per heavy atom. The number of tetrazole rings is 1. The van der Waals surface area contributed by atoms with Crippen LogP contribution in [0.5, 0.6) is 11.5 Å². The average molecular weight is 458 g/mol. The Hall–Kier alpha value is -2.68. The number of amides is 1. The second kappa shape index (κ2) is 12.0. The summed E-state index contributed by atoms with van der Waals surface area (Å²) in [7, 11) is 0. The van der Waals surface area contributed by atoms with Crippen molar-refractivity contribution in [2.24, 2.45) is 0 Å². The number of aryl methyl sites for hydroxylation is 2. The van der Waals surface area contributed by atoms with E-state index in [-0.39, 0.29) is 42.1 Å². The maximum absolute atomic E-state index is 12.6. The molecule has 3 aromatic rings. The number of carbonyl (C=O) groups is 1. The number of carbonyl (C=O) groups excluding carboxylic acids is 1. The van der Waals surface area contributed by atoms with Crippen LogP contribution >= 0.6 is 0 Å². The molecule has 2 heterocycles. The van der Waals surface area contributed by atoms with Crippen molar-refractivity contribution in [2.45, 2.75) is 45.6 Å². The average Bonchev–Trinajstić information content (AvgIpc) is 3.33. The summed E-state index contributed by atoms with van der Waals surface area (Å²) in [5.74, 6) is 1.25. The van der Waals surface area contributed by atoms with E-state index < -0.39 is 6.10 Å². The van der Waals surface area contributed by atoms with Crippen LogP contribution in [0.25, 0.3) is 6.08 Å². The van der Waals surface area contributed by atoms with Crippen molar-refractivity contribution in [3.05, 3.63) is 65.0 Å². The molecule has 8 nitrogen and oxygen atoms in total. The van der Waals surface area contributed by atoms with Crippen LogP contribution in [0, 0.1) is 6.92 Å². The third-order valence-corrected chi connectivity index (χ3v) is 5.25. The van der Waals surface area contributed by atoms with Crippen LogP contribution in [-0.2, 0) is 11.2 Å². The van der Waals surface area contributed by atoms with Gasteiger partial charge in [0.2, 0.25) is 5.91 Å². The van der Waals surface area contributed by atoms with E-state index in [1.807, 2.05) is 31.2 Å². The van der Waals surface area contributed by atoms with E-state index in [1.165, 1.54) is 30.9 Å². The van der Waals surface area contributed by atoms with Gasteiger partial charge < -0.3 is 14.8 Å². The monoisotopic (exact) mass is 457 g/mol. The molecule has 0 saturated carbocycles. The molecule has 1 unspecified atom stereocenters. The summed E-state index contributed by atoms with van der Waals surface area (Å²) in [6.07, 6.45) is 7.58. The molecule has 2 aromatic carbocycles. The summed E-state index contributed by atoms with van der Waals surface area (Å²) >= 11 is 0. The van der Waals surface area contributed by atoms with Crippen molar-refractivity contribution < 1.29 is 14.3 Å². The number of nitrogens with one attached hydrogen (secondary N) is 2. The number of hydrogen-bond donors (Lipinski definition) is 2. The number of aromatic nitrogens is 4. The zero-order chi connectivity index (χ0) is 22.3. The van der Waals surface area contributed by atoms with Crippen LogP contribution in [0.2, 0.25) is 0 Å². The van der Waals surface area contributed by atoms with Crippen LogP contribution in [0.15, 0.2) is 42.5 Å². The molecule has 33 heavy (non-hydrogen) atoms. The molecule has 1 atom stereocenters. The summed E-state index contributed by atoms with van der Waals surface area (Å²) in [4.78, 5) is 12.6. The third kappa shape index (κ3) is 6.66. The standard InChI is InChI=1S/C24H27N5O3.Na.H/c1-3-4-5-6-17-7-9-18(10-8-17)11-12-22(30)25-19-13-16(2)14-20-23(19)32-21(15-31-20)24-26-28-29-27-24;;/h7-14,21H,3-6,15H2,1-2H3,(H,25,30)(H,26,27,28,29);;/b12-11+;;. The Bertz CT molecular complexity index is 1080. The summed E-state index contributed by atoms with van der Waals surface area (Å²) in [5, 5.41) is 16.6. The van der Waals surface area contributed by atoms with E-state index in [2.05, 4.69) is 45.0 Å². The quantitative estimate of drug-likeness (QED) is 0.303. The van der Waals surface area contributed by atoms with Crippen LogP contribution in [0.3, 0.4) is 0 Å². The first-order valence-electron chi connectivity index (χ1n) is 10.9. The third-order valence-electron chi connectivity index (χ3n) is 5.25. The molecule has 0 fully saturated rings. The Balaban J connectivity index is 0.00000306. The number of unbranched alkanes of at least 4 members (excludes halogenated alkanes) is 2. The molecule has 0 spiro atoms. The molecule has 1 aromatic heterocycles. The van der Waals surface area contributed by atoms with E-state index in [0.717, 1.165) is 17.5 Å². The van der Waals surface area contributed by atoms with Gasteiger partial charge >= 0.3 is 29.6 Å². The van der Waals surface area contributed by atoms with Crippen molar-refractivity contribution in [1.29, 1.82) is 0 Å². The van der Waals surface area contributed by atoms with E-state index in [9.17, 15) is 4.79 Å². The van der Waals surface area contributed by atoms with Gasteiger partial charge in [-0.05, 0) is 65.1 Å². The van der Waals surface area contributed by atoms with Gasteiger partial charge in [0, 0.05) is 6.08 Å². The number of hydrogen-bond acceptors (Lipinski definition) is 6. The summed E-state index contributed by atoms with van der Waals surface area (Å²) in [5.41, 5.74) is 3.78. The molecule has 0 saturated heterocycles. The van der Waals surface area contributed by atoms with Gasteiger partial charge in [0.25, 0.3) is 0 Å².